The summed E-state index contributed by atoms with van der Waals surface area (Å²) >= 11 is 3.55. The molecular formula is C16H20BrN3. The number of nitrogens with zero attached hydrogens (tertiary/aromatic N) is 2. The van der Waals surface area contributed by atoms with Crippen LogP contribution in [-0.2, 0) is 6.54 Å². The predicted molar refractivity (Wildman–Crippen MR) is 85.8 cm³/mol. The fraction of sp³-hybridized carbons (Fsp3) is 0.438. The first-order chi connectivity index (χ1) is 9.65. The van der Waals surface area contributed by atoms with E-state index in [-0.39, 0.29) is 0 Å². The molecule has 3 rings (SSSR count). The minimum Gasteiger partial charge on any atom is -0.316 e. The Morgan fingerprint density at radius 1 is 1.40 bits per heavy atom. The minimum atomic E-state index is 0.711. The van der Waals surface area contributed by atoms with Gasteiger partial charge < -0.3 is 5.32 Å². The molecule has 0 saturated carbocycles. The van der Waals surface area contributed by atoms with Crippen LogP contribution in [0.25, 0.3) is 11.1 Å². The standard InChI is InChI=1S/C16H20BrN3/c1-11-16(14-4-3-5-15(17)8-14)12(2)20(19-11)10-13-6-7-18-9-13/h3-5,8,13,18H,6-7,9-10H2,1-2H3. The highest BCUT2D eigenvalue weighted by atomic mass is 79.9. The first-order valence-corrected chi connectivity index (χ1v) is 7.95. The van der Waals surface area contributed by atoms with Crippen molar-refractivity contribution in [1.29, 1.82) is 0 Å². The number of aryl methyl sites for hydroxylation is 1. The molecule has 2 aromatic rings. The summed E-state index contributed by atoms with van der Waals surface area (Å²) in [5.74, 6) is 0.711. The second-order valence-electron chi connectivity index (χ2n) is 5.60. The van der Waals surface area contributed by atoms with Crippen molar-refractivity contribution < 1.29 is 0 Å². The highest BCUT2D eigenvalue weighted by molar-refractivity contribution is 9.10. The normalized spacial score (nSPS) is 18.6. The van der Waals surface area contributed by atoms with E-state index in [4.69, 9.17) is 5.10 Å². The van der Waals surface area contributed by atoms with Crippen LogP contribution in [0.3, 0.4) is 0 Å². The molecule has 1 fully saturated rings. The lowest BCUT2D eigenvalue weighted by Gasteiger charge is -2.10. The maximum absolute atomic E-state index is 4.75. The Hall–Kier alpha value is -1.13. The number of nitrogens with one attached hydrogen (secondary N) is 1. The Morgan fingerprint density at radius 2 is 2.25 bits per heavy atom. The van der Waals surface area contributed by atoms with E-state index in [0.29, 0.717) is 5.92 Å². The quantitative estimate of drug-likeness (QED) is 0.930. The number of aromatic nitrogens is 2. The molecule has 1 N–H and O–H groups in total. The van der Waals surface area contributed by atoms with Gasteiger partial charge in [0, 0.05) is 22.3 Å². The highest BCUT2D eigenvalue weighted by Crippen LogP contribution is 2.29. The third kappa shape index (κ3) is 2.67. The van der Waals surface area contributed by atoms with E-state index < -0.39 is 0 Å². The maximum atomic E-state index is 4.75. The molecule has 0 aliphatic carbocycles. The van der Waals surface area contributed by atoms with Crippen LogP contribution >= 0.6 is 15.9 Å². The molecular weight excluding hydrogens is 314 g/mol. The van der Waals surface area contributed by atoms with E-state index in [1.165, 1.54) is 23.2 Å². The van der Waals surface area contributed by atoms with Crippen molar-refractivity contribution in [2.45, 2.75) is 26.8 Å². The van der Waals surface area contributed by atoms with Gasteiger partial charge in [0.2, 0.25) is 0 Å². The van der Waals surface area contributed by atoms with Gasteiger partial charge in [-0.2, -0.15) is 5.10 Å². The lowest BCUT2D eigenvalue weighted by atomic mass is 10.0. The fourth-order valence-electron chi connectivity index (χ4n) is 3.05. The van der Waals surface area contributed by atoms with Crippen LogP contribution in [0.15, 0.2) is 28.7 Å². The van der Waals surface area contributed by atoms with Gasteiger partial charge in [-0.25, -0.2) is 0 Å². The molecule has 1 unspecified atom stereocenters. The van der Waals surface area contributed by atoms with Crippen molar-refractivity contribution in [3.8, 4) is 11.1 Å². The topological polar surface area (TPSA) is 29.9 Å². The van der Waals surface area contributed by atoms with Crippen LogP contribution in [0.5, 0.6) is 0 Å². The molecule has 1 aliphatic heterocycles. The van der Waals surface area contributed by atoms with Gasteiger partial charge in [0.25, 0.3) is 0 Å². The van der Waals surface area contributed by atoms with Gasteiger partial charge >= 0.3 is 0 Å². The summed E-state index contributed by atoms with van der Waals surface area (Å²) in [5, 5.41) is 8.18. The number of hydrogen-bond donors (Lipinski definition) is 1. The van der Waals surface area contributed by atoms with E-state index in [1.807, 2.05) is 0 Å². The summed E-state index contributed by atoms with van der Waals surface area (Å²) in [6.45, 7) is 7.56. The molecule has 0 radical (unpaired) electrons. The molecule has 1 aliphatic rings. The Morgan fingerprint density at radius 3 is 2.95 bits per heavy atom. The van der Waals surface area contributed by atoms with Gasteiger partial charge in [0.05, 0.1) is 5.69 Å². The van der Waals surface area contributed by atoms with Crippen LogP contribution in [0, 0.1) is 19.8 Å². The van der Waals surface area contributed by atoms with Gasteiger partial charge in [-0.05, 0) is 57.0 Å². The van der Waals surface area contributed by atoms with Crippen molar-refractivity contribution in [3.63, 3.8) is 0 Å². The van der Waals surface area contributed by atoms with Crippen LogP contribution in [0.4, 0.5) is 0 Å². The molecule has 20 heavy (non-hydrogen) atoms. The minimum absolute atomic E-state index is 0.711. The average Bonchev–Trinajstić information content (AvgIpc) is 2.99. The lowest BCUT2D eigenvalue weighted by molar-refractivity contribution is 0.441. The Bertz CT molecular complexity index is 612. The van der Waals surface area contributed by atoms with Gasteiger partial charge in [-0.1, -0.05) is 28.1 Å². The van der Waals surface area contributed by atoms with Crippen LogP contribution in [0.2, 0.25) is 0 Å². The van der Waals surface area contributed by atoms with E-state index in [1.54, 1.807) is 0 Å². The SMILES string of the molecule is Cc1nn(CC2CCNC2)c(C)c1-c1cccc(Br)c1. The number of benzene rings is 1. The van der Waals surface area contributed by atoms with Gasteiger partial charge in [-0.15, -0.1) is 0 Å². The Balaban J connectivity index is 1.93. The third-order valence-corrected chi connectivity index (χ3v) is 4.58. The molecule has 4 heteroatoms. The molecule has 2 heterocycles. The zero-order chi connectivity index (χ0) is 14.1. The Kier molecular flexibility index (Phi) is 3.94. The van der Waals surface area contributed by atoms with Crippen molar-refractivity contribution >= 4 is 15.9 Å². The van der Waals surface area contributed by atoms with E-state index in [2.05, 4.69) is 64.0 Å². The summed E-state index contributed by atoms with van der Waals surface area (Å²) in [6.07, 6.45) is 1.25. The summed E-state index contributed by atoms with van der Waals surface area (Å²) in [4.78, 5) is 0. The molecule has 1 aromatic carbocycles. The summed E-state index contributed by atoms with van der Waals surface area (Å²) in [6, 6.07) is 8.46. The first-order valence-electron chi connectivity index (χ1n) is 7.16. The molecule has 3 nitrogen and oxygen atoms in total. The van der Waals surface area contributed by atoms with E-state index in [0.717, 1.165) is 29.8 Å². The molecule has 1 saturated heterocycles. The van der Waals surface area contributed by atoms with Crippen molar-refractivity contribution in [2.75, 3.05) is 13.1 Å². The number of hydrogen-bond acceptors (Lipinski definition) is 2. The van der Waals surface area contributed by atoms with Crippen LogP contribution in [0.1, 0.15) is 17.8 Å². The van der Waals surface area contributed by atoms with Crippen molar-refractivity contribution in [2.24, 2.45) is 5.92 Å². The summed E-state index contributed by atoms with van der Waals surface area (Å²) < 4.78 is 3.30. The predicted octanol–water partition coefficient (Wildman–Crippen LogP) is 3.54. The third-order valence-electron chi connectivity index (χ3n) is 4.09. The summed E-state index contributed by atoms with van der Waals surface area (Å²) in [5.41, 5.74) is 4.90. The van der Waals surface area contributed by atoms with Crippen molar-refractivity contribution in [3.05, 3.63) is 40.1 Å². The summed E-state index contributed by atoms with van der Waals surface area (Å²) in [7, 11) is 0. The molecule has 0 spiro atoms. The van der Waals surface area contributed by atoms with Crippen molar-refractivity contribution in [1.82, 2.24) is 15.1 Å². The fourth-order valence-corrected chi connectivity index (χ4v) is 3.45. The molecule has 1 atom stereocenters. The highest BCUT2D eigenvalue weighted by Gasteiger charge is 2.19. The Labute approximate surface area is 128 Å². The molecule has 0 bridgehead atoms. The number of halogens is 1. The molecule has 1 aromatic heterocycles. The largest absolute Gasteiger partial charge is 0.316 e. The second kappa shape index (κ2) is 5.70. The van der Waals surface area contributed by atoms with E-state index in [9.17, 15) is 0 Å². The second-order valence-corrected chi connectivity index (χ2v) is 6.51. The van der Waals surface area contributed by atoms with Gasteiger partial charge in [-0.3, -0.25) is 4.68 Å². The van der Waals surface area contributed by atoms with E-state index >= 15 is 0 Å². The molecule has 0 amide bonds. The molecule has 106 valence electrons. The monoisotopic (exact) mass is 333 g/mol. The zero-order valence-electron chi connectivity index (χ0n) is 12.0. The zero-order valence-corrected chi connectivity index (χ0v) is 13.6. The maximum Gasteiger partial charge on any atom is 0.0674 e. The first kappa shape index (κ1) is 13.8. The van der Waals surface area contributed by atoms with Gasteiger partial charge in [0.15, 0.2) is 0 Å². The average molecular weight is 334 g/mol. The van der Waals surface area contributed by atoms with Crippen LogP contribution < -0.4 is 5.32 Å². The van der Waals surface area contributed by atoms with Crippen LogP contribution in [-0.4, -0.2) is 22.9 Å². The number of rotatable bonds is 3. The smallest absolute Gasteiger partial charge is 0.0674 e. The lowest BCUT2D eigenvalue weighted by Crippen LogP contribution is -2.16. The van der Waals surface area contributed by atoms with Gasteiger partial charge in [0.1, 0.15) is 0 Å².